The molecule has 0 spiro atoms. The van der Waals surface area contributed by atoms with E-state index in [1.54, 1.807) is 49.2 Å². The van der Waals surface area contributed by atoms with Gasteiger partial charge in [0, 0.05) is 31.4 Å². The third-order valence-electron chi connectivity index (χ3n) is 3.87. The van der Waals surface area contributed by atoms with Crippen molar-refractivity contribution in [2.75, 3.05) is 13.1 Å². The van der Waals surface area contributed by atoms with Crippen molar-refractivity contribution < 1.29 is 10.0 Å². The molecule has 1 aromatic heterocycles. The highest BCUT2D eigenvalue weighted by molar-refractivity contribution is 5.79. The highest BCUT2D eigenvalue weighted by Crippen LogP contribution is 2.19. The van der Waals surface area contributed by atoms with Gasteiger partial charge in [-0.2, -0.15) is 5.10 Å². The zero-order valence-corrected chi connectivity index (χ0v) is 15.1. The first-order valence-electron chi connectivity index (χ1n) is 8.29. The number of rotatable bonds is 7. The summed E-state index contributed by atoms with van der Waals surface area (Å²) in [6.45, 7) is 4.59. The molecule has 0 amide bonds. The molecule has 1 heterocycles. The van der Waals surface area contributed by atoms with Crippen LogP contribution in [0, 0.1) is 10.1 Å². The molecule has 0 aliphatic heterocycles. The van der Waals surface area contributed by atoms with E-state index in [9.17, 15) is 15.2 Å². The number of benzene rings is 1. The van der Waals surface area contributed by atoms with Crippen molar-refractivity contribution in [3.05, 3.63) is 57.9 Å². The highest BCUT2D eigenvalue weighted by Gasteiger charge is 2.25. The second-order valence-corrected chi connectivity index (χ2v) is 6.11. The summed E-state index contributed by atoms with van der Waals surface area (Å²) in [5.41, 5.74) is 0.105. The van der Waals surface area contributed by atoms with Crippen LogP contribution in [0.1, 0.15) is 25.0 Å². The highest BCUT2D eigenvalue weighted by atomic mass is 16.6. The van der Waals surface area contributed by atoms with Crippen LogP contribution in [0.3, 0.4) is 0 Å². The second kappa shape index (κ2) is 8.43. The standard InChI is InChI=1S/C17H24N6O3/c1-4-18-16(19-9-13-7-5-6-8-15(13)23(25)26)20-12-17(2,24)14-10-21-22(3)11-14/h5-8,10-11,24H,4,9,12H2,1-3H3,(H2,18,19,20). The Morgan fingerprint density at radius 1 is 1.42 bits per heavy atom. The summed E-state index contributed by atoms with van der Waals surface area (Å²) in [7, 11) is 1.78. The van der Waals surface area contributed by atoms with Crippen molar-refractivity contribution in [2.24, 2.45) is 12.0 Å². The van der Waals surface area contributed by atoms with Crippen LogP contribution in [0.5, 0.6) is 0 Å². The number of nitrogens with zero attached hydrogens (tertiary/aromatic N) is 4. The van der Waals surface area contributed by atoms with Gasteiger partial charge in [-0.1, -0.05) is 18.2 Å². The van der Waals surface area contributed by atoms with Gasteiger partial charge in [-0.25, -0.2) is 4.99 Å². The number of nitro benzene ring substituents is 1. The van der Waals surface area contributed by atoms with Crippen molar-refractivity contribution >= 4 is 11.6 Å². The maximum absolute atomic E-state index is 11.1. The smallest absolute Gasteiger partial charge is 0.274 e. The Labute approximate surface area is 151 Å². The molecular weight excluding hydrogens is 336 g/mol. The number of aliphatic imine (C=N–C) groups is 1. The van der Waals surface area contributed by atoms with Crippen LogP contribution in [-0.4, -0.2) is 38.9 Å². The summed E-state index contributed by atoms with van der Waals surface area (Å²) in [4.78, 5) is 15.1. The first-order chi connectivity index (χ1) is 12.3. The number of guanidine groups is 1. The van der Waals surface area contributed by atoms with Crippen LogP contribution in [0.2, 0.25) is 0 Å². The number of nitro groups is 1. The van der Waals surface area contributed by atoms with E-state index in [0.717, 1.165) is 0 Å². The van der Waals surface area contributed by atoms with Gasteiger partial charge in [-0.05, 0) is 13.8 Å². The molecule has 1 unspecified atom stereocenters. The van der Waals surface area contributed by atoms with Gasteiger partial charge in [0.05, 0.1) is 29.8 Å². The molecule has 1 aromatic carbocycles. The Morgan fingerprint density at radius 3 is 2.77 bits per heavy atom. The number of hydrogen-bond donors (Lipinski definition) is 3. The molecule has 0 radical (unpaired) electrons. The zero-order chi connectivity index (χ0) is 19.2. The predicted octanol–water partition coefficient (Wildman–Crippen LogP) is 1.29. The molecule has 0 fully saturated rings. The van der Waals surface area contributed by atoms with E-state index in [1.807, 2.05) is 6.92 Å². The van der Waals surface area contributed by atoms with Crippen LogP contribution in [-0.2, 0) is 19.2 Å². The lowest BCUT2D eigenvalue weighted by molar-refractivity contribution is -0.385. The van der Waals surface area contributed by atoms with E-state index >= 15 is 0 Å². The van der Waals surface area contributed by atoms with E-state index in [2.05, 4.69) is 20.7 Å². The molecular formula is C17H24N6O3. The molecule has 0 aliphatic carbocycles. The Balaban J connectivity index is 2.09. The fraction of sp³-hybridized carbons (Fsp3) is 0.412. The summed E-state index contributed by atoms with van der Waals surface area (Å²) < 4.78 is 1.62. The average Bonchev–Trinajstić information content (AvgIpc) is 3.05. The van der Waals surface area contributed by atoms with Crippen LogP contribution in [0.15, 0.2) is 41.7 Å². The predicted molar refractivity (Wildman–Crippen MR) is 98.7 cm³/mol. The topological polar surface area (TPSA) is 118 Å². The van der Waals surface area contributed by atoms with E-state index in [-0.39, 0.29) is 18.8 Å². The molecule has 9 nitrogen and oxygen atoms in total. The largest absolute Gasteiger partial charge is 0.383 e. The molecule has 26 heavy (non-hydrogen) atoms. The van der Waals surface area contributed by atoms with Gasteiger partial charge < -0.3 is 15.7 Å². The lowest BCUT2D eigenvalue weighted by Crippen LogP contribution is -2.44. The van der Waals surface area contributed by atoms with Crippen molar-refractivity contribution in [1.29, 1.82) is 0 Å². The van der Waals surface area contributed by atoms with E-state index < -0.39 is 10.5 Å². The third kappa shape index (κ3) is 5.03. The number of nitrogens with one attached hydrogen (secondary N) is 2. The number of para-hydroxylation sites is 1. The Hall–Kier alpha value is -2.94. The zero-order valence-electron chi connectivity index (χ0n) is 15.1. The molecule has 140 valence electrons. The van der Waals surface area contributed by atoms with Crippen molar-refractivity contribution in [3.8, 4) is 0 Å². The maximum atomic E-state index is 11.1. The summed E-state index contributed by atoms with van der Waals surface area (Å²) in [6.07, 6.45) is 3.36. The first kappa shape index (κ1) is 19.4. The van der Waals surface area contributed by atoms with Gasteiger partial charge >= 0.3 is 0 Å². The molecule has 0 bridgehead atoms. The lowest BCUT2D eigenvalue weighted by atomic mass is 10.00. The Kier molecular flexibility index (Phi) is 6.29. The fourth-order valence-corrected chi connectivity index (χ4v) is 2.39. The first-order valence-corrected chi connectivity index (χ1v) is 8.29. The fourth-order valence-electron chi connectivity index (χ4n) is 2.39. The van der Waals surface area contributed by atoms with E-state index in [1.165, 1.54) is 6.07 Å². The average molecular weight is 360 g/mol. The van der Waals surface area contributed by atoms with Crippen LogP contribution in [0.4, 0.5) is 5.69 Å². The van der Waals surface area contributed by atoms with Crippen molar-refractivity contribution in [3.63, 3.8) is 0 Å². The van der Waals surface area contributed by atoms with Crippen LogP contribution >= 0.6 is 0 Å². The van der Waals surface area contributed by atoms with Crippen LogP contribution in [0.25, 0.3) is 0 Å². The monoisotopic (exact) mass is 360 g/mol. The molecule has 9 heteroatoms. The van der Waals surface area contributed by atoms with E-state index in [0.29, 0.717) is 23.6 Å². The summed E-state index contributed by atoms with van der Waals surface area (Å²) in [5, 5.41) is 31.9. The summed E-state index contributed by atoms with van der Waals surface area (Å²) in [5.74, 6) is 0.467. The second-order valence-electron chi connectivity index (χ2n) is 6.11. The number of aryl methyl sites for hydroxylation is 1. The molecule has 0 saturated carbocycles. The number of aromatic nitrogens is 2. The summed E-state index contributed by atoms with van der Waals surface area (Å²) in [6, 6.07) is 6.50. The molecule has 2 rings (SSSR count). The minimum atomic E-state index is -1.14. The van der Waals surface area contributed by atoms with Crippen LogP contribution < -0.4 is 10.6 Å². The van der Waals surface area contributed by atoms with E-state index in [4.69, 9.17) is 0 Å². The summed E-state index contributed by atoms with van der Waals surface area (Å²) >= 11 is 0. The van der Waals surface area contributed by atoms with Gasteiger partial charge in [0.1, 0.15) is 5.60 Å². The minimum Gasteiger partial charge on any atom is -0.383 e. The maximum Gasteiger partial charge on any atom is 0.274 e. The number of hydrogen-bond acceptors (Lipinski definition) is 5. The quantitative estimate of drug-likeness (QED) is 0.296. The molecule has 0 saturated heterocycles. The van der Waals surface area contributed by atoms with Crippen molar-refractivity contribution in [1.82, 2.24) is 20.4 Å². The van der Waals surface area contributed by atoms with Gasteiger partial charge in [0.25, 0.3) is 5.69 Å². The van der Waals surface area contributed by atoms with Crippen molar-refractivity contribution in [2.45, 2.75) is 26.0 Å². The molecule has 2 aromatic rings. The third-order valence-corrected chi connectivity index (χ3v) is 3.87. The molecule has 3 N–H and O–H groups in total. The lowest BCUT2D eigenvalue weighted by Gasteiger charge is -2.23. The Morgan fingerprint density at radius 2 is 2.15 bits per heavy atom. The minimum absolute atomic E-state index is 0.0365. The Bertz CT molecular complexity index is 784. The van der Waals surface area contributed by atoms with Gasteiger partial charge in [-0.3, -0.25) is 14.8 Å². The number of aliphatic hydroxyl groups is 1. The van der Waals surface area contributed by atoms with Gasteiger partial charge in [-0.15, -0.1) is 0 Å². The molecule has 1 atom stereocenters. The van der Waals surface area contributed by atoms with Gasteiger partial charge in [0.15, 0.2) is 5.96 Å². The SMILES string of the molecule is CCNC(=NCc1ccccc1[N+](=O)[O-])NCC(C)(O)c1cnn(C)c1. The molecule has 0 aliphatic rings. The normalized spacial score (nSPS) is 13.9. The van der Waals surface area contributed by atoms with Gasteiger partial charge in [0.2, 0.25) is 0 Å².